The summed E-state index contributed by atoms with van der Waals surface area (Å²) in [6.07, 6.45) is 6.01. The van der Waals surface area contributed by atoms with Crippen LogP contribution in [0.25, 0.3) is 0 Å². The molecule has 0 bridgehead atoms. The molecule has 0 amide bonds. The molecule has 0 N–H and O–H groups in total. The van der Waals surface area contributed by atoms with Crippen molar-refractivity contribution in [1.82, 2.24) is 0 Å². The van der Waals surface area contributed by atoms with E-state index in [1.54, 1.807) is 7.11 Å². The van der Waals surface area contributed by atoms with Gasteiger partial charge in [0.1, 0.15) is 12.0 Å². The number of methoxy groups -OCH3 is 1. The van der Waals surface area contributed by atoms with Gasteiger partial charge in [-0.1, -0.05) is 30.4 Å². The summed E-state index contributed by atoms with van der Waals surface area (Å²) in [5, 5.41) is 0. The van der Waals surface area contributed by atoms with Crippen LogP contribution in [-0.2, 0) is 11.2 Å². The molecule has 0 saturated carbocycles. The van der Waals surface area contributed by atoms with E-state index in [4.69, 9.17) is 4.74 Å². The highest BCUT2D eigenvalue weighted by atomic mass is 16.5. The molecule has 0 spiro atoms. The zero-order valence-corrected chi connectivity index (χ0v) is 8.27. The van der Waals surface area contributed by atoms with Gasteiger partial charge in [0.15, 0.2) is 0 Å². The van der Waals surface area contributed by atoms with Gasteiger partial charge in [-0.25, -0.2) is 0 Å². The molecule has 1 aromatic rings. The molecule has 0 fully saturated rings. The predicted octanol–water partition coefficient (Wildman–Crippen LogP) is 2.38. The Morgan fingerprint density at radius 2 is 2.07 bits per heavy atom. The molecular weight excluding hydrogens is 176 g/mol. The van der Waals surface area contributed by atoms with Crippen LogP contribution in [0.15, 0.2) is 36.4 Å². The second-order valence-electron chi connectivity index (χ2n) is 2.89. The van der Waals surface area contributed by atoms with Gasteiger partial charge < -0.3 is 9.53 Å². The van der Waals surface area contributed by atoms with Crippen molar-refractivity contribution in [2.75, 3.05) is 7.11 Å². The minimum atomic E-state index is 0.481. The van der Waals surface area contributed by atoms with Crippen molar-refractivity contribution in [2.45, 2.75) is 12.8 Å². The Labute approximate surface area is 84.2 Å². The number of carbonyl (C=O) groups is 1. The first-order chi connectivity index (χ1) is 6.88. The first-order valence-electron chi connectivity index (χ1n) is 4.59. The van der Waals surface area contributed by atoms with Crippen molar-refractivity contribution in [3.05, 3.63) is 42.0 Å². The van der Waals surface area contributed by atoms with Crippen molar-refractivity contribution in [3.8, 4) is 5.75 Å². The molecule has 0 aromatic heterocycles. The van der Waals surface area contributed by atoms with E-state index in [-0.39, 0.29) is 0 Å². The third-order valence-electron chi connectivity index (χ3n) is 1.93. The molecule has 2 nitrogen and oxygen atoms in total. The molecule has 0 atom stereocenters. The smallest absolute Gasteiger partial charge is 0.123 e. The van der Waals surface area contributed by atoms with Crippen LogP contribution in [0.4, 0.5) is 0 Å². The maximum absolute atomic E-state index is 10.1. The standard InChI is InChI=1S/C12H14O2/c1-14-12-9-5-4-8-11(12)7-3-2-6-10-13/h2-5,8-10H,6-7H2,1H3/b3-2-. The molecule has 0 aliphatic heterocycles. The van der Waals surface area contributed by atoms with Gasteiger partial charge in [0.25, 0.3) is 0 Å². The molecule has 14 heavy (non-hydrogen) atoms. The van der Waals surface area contributed by atoms with Gasteiger partial charge in [-0.05, 0) is 18.1 Å². The number of aldehydes is 1. The first-order valence-corrected chi connectivity index (χ1v) is 4.59. The summed E-state index contributed by atoms with van der Waals surface area (Å²) >= 11 is 0. The average Bonchev–Trinajstić information content (AvgIpc) is 2.25. The summed E-state index contributed by atoms with van der Waals surface area (Å²) in [5.41, 5.74) is 1.14. The van der Waals surface area contributed by atoms with E-state index in [2.05, 4.69) is 0 Å². The first kappa shape index (κ1) is 10.5. The molecule has 0 aliphatic rings. The van der Waals surface area contributed by atoms with E-state index < -0.39 is 0 Å². The fraction of sp³-hybridized carbons (Fsp3) is 0.250. The molecule has 1 aromatic carbocycles. The van der Waals surface area contributed by atoms with Crippen molar-refractivity contribution in [2.24, 2.45) is 0 Å². The number of para-hydroxylation sites is 1. The average molecular weight is 190 g/mol. The fourth-order valence-electron chi connectivity index (χ4n) is 1.23. The Kier molecular flexibility index (Phi) is 4.48. The lowest BCUT2D eigenvalue weighted by Crippen LogP contribution is -1.89. The maximum Gasteiger partial charge on any atom is 0.123 e. The number of carbonyl (C=O) groups excluding carboxylic acids is 1. The lowest BCUT2D eigenvalue weighted by atomic mass is 10.1. The van der Waals surface area contributed by atoms with Gasteiger partial charge in [-0.2, -0.15) is 0 Å². The highest BCUT2D eigenvalue weighted by molar-refractivity contribution is 5.51. The maximum atomic E-state index is 10.1. The molecule has 1 rings (SSSR count). The van der Waals surface area contributed by atoms with Crippen LogP contribution in [0, 0.1) is 0 Å². The quantitative estimate of drug-likeness (QED) is 0.526. The van der Waals surface area contributed by atoms with E-state index in [0.29, 0.717) is 6.42 Å². The molecule has 0 heterocycles. The van der Waals surface area contributed by atoms with Crippen LogP contribution < -0.4 is 4.74 Å². The third-order valence-corrected chi connectivity index (χ3v) is 1.93. The summed E-state index contributed by atoms with van der Waals surface area (Å²) < 4.78 is 5.20. The minimum Gasteiger partial charge on any atom is -0.496 e. The van der Waals surface area contributed by atoms with Gasteiger partial charge in [0.05, 0.1) is 7.11 Å². The lowest BCUT2D eigenvalue weighted by Gasteiger charge is -2.04. The number of ether oxygens (including phenoxy) is 1. The van der Waals surface area contributed by atoms with Crippen molar-refractivity contribution in [1.29, 1.82) is 0 Å². The zero-order valence-electron chi connectivity index (χ0n) is 8.27. The number of allylic oxidation sites excluding steroid dienone is 2. The molecule has 0 radical (unpaired) electrons. The second kappa shape index (κ2) is 5.97. The van der Waals surface area contributed by atoms with E-state index in [1.807, 2.05) is 36.4 Å². The lowest BCUT2D eigenvalue weighted by molar-refractivity contribution is -0.107. The van der Waals surface area contributed by atoms with Crippen LogP contribution in [0.5, 0.6) is 5.75 Å². The SMILES string of the molecule is COc1ccccc1C/C=C\CC=O. The number of hydrogen-bond donors (Lipinski definition) is 0. The topological polar surface area (TPSA) is 26.3 Å². The third kappa shape index (κ3) is 3.05. The minimum absolute atomic E-state index is 0.481. The molecular formula is C12H14O2. The molecule has 0 saturated heterocycles. The summed E-state index contributed by atoms with van der Waals surface area (Å²) in [4.78, 5) is 10.1. The van der Waals surface area contributed by atoms with Crippen molar-refractivity contribution < 1.29 is 9.53 Å². The highest BCUT2D eigenvalue weighted by Crippen LogP contribution is 2.17. The Balaban J connectivity index is 2.61. The van der Waals surface area contributed by atoms with Crippen molar-refractivity contribution in [3.63, 3.8) is 0 Å². The number of hydrogen-bond acceptors (Lipinski definition) is 2. The van der Waals surface area contributed by atoms with Crippen LogP contribution >= 0.6 is 0 Å². The zero-order chi connectivity index (χ0) is 10.2. The normalized spacial score (nSPS) is 10.4. The van der Waals surface area contributed by atoms with Crippen LogP contribution in [0.2, 0.25) is 0 Å². The fourth-order valence-corrected chi connectivity index (χ4v) is 1.23. The van der Waals surface area contributed by atoms with Gasteiger partial charge in [0.2, 0.25) is 0 Å². The van der Waals surface area contributed by atoms with E-state index in [9.17, 15) is 4.79 Å². The molecule has 0 unspecified atom stereocenters. The van der Waals surface area contributed by atoms with Gasteiger partial charge >= 0.3 is 0 Å². The largest absolute Gasteiger partial charge is 0.496 e. The van der Waals surface area contributed by atoms with E-state index in [0.717, 1.165) is 24.0 Å². The summed E-state index contributed by atoms with van der Waals surface area (Å²) in [7, 11) is 1.66. The molecule has 0 aliphatic carbocycles. The summed E-state index contributed by atoms with van der Waals surface area (Å²) in [6, 6.07) is 7.87. The second-order valence-corrected chi connectivity index (χ2v) is 2.89. The highest BCUT2D eigenvalue weighted by Gasteiger charge is 1.97. The summed E-state index contributed by atoms with van der Waals surface area (Å²) in [5.74, 6) is 0.892. The van der Waals surface area contributed by atoms with Gasteiger partial charge in [0, 0.05) is 6.42 Å². The van der Waals surface area contributed by atoms with E-state index in [1.165, 1.54) is 0 Å². The Morgan fingerprint density at radius 1 is 1.29 bits per heavy atom. The summed E-state index contributed by atoms with van der Waals surface area (Å²) in [6.45, 7) is 0. The number of rotatable bonds is 5. The Morgan fingerprint density at radius 3 is 2.79 bits per heavy atom. The molecule has 74 valence electrons. The van der Waals surface area contributed by atoms with Gasteiger partial charge in [-0.15, -0.1) is 0 Å². The van der Waals surface area contributed by atoms with Crippen LogP contribution in [0.3, 0.4) is 0 Å². The number of benzene rings is 1. The monoisotopic (exact) mass is 190 g/mol. The predicted molar refractivity (Wildman–Crippen MR) is 56.5 cm³/mol. The van der Waals surface area contributed by atoms with E-state index >= 15 is 0 Å². The van der Waals surface area contributed by atoms with Crippen molar-refractivity contribution >= 4 is 6.29 Å². The molecule has 2 heteroatoms. The van der Waals surface area contributed by atoms with Gasteiger partial charge in [-0.3, -0.25) is 0 Å². The van der Waals surface area contributed by atoms with Crippen LogP contribution in [-0.4, -0.2) is 13.4 Å². The Bertz CT molecular complexity index is 316. The Hall–Kier alpha value is -1.57. The van der Waals surface area contributed by atoms with Crippen LogP contribution in [0.1, 0.15) is 12.0 Å².